The first-order chi connectivity index (χ1) is 10.4. The molecule has 1 heterocycles. The van der Waals surface area contributed by atoms with Crippen LogP contribution < -0.4 is 0 Å². The molecule has 0 bridgehead atoms. The Hall–Kier alpha value is -0.820. The smallest absolute Gasteiger partial charge is 0.00133 e. The molecular formula is C21H37N. The molecule has 1 aliphatic carbocycles. The minimum Gasteiger partial charge on any atom is -0.306 e. The number of benzene rings is 1. The van der Waals surface area contributed by atoms with E-state index in [1.807, 2.05) is 13.8 Å². The molecule has 0 amide bonds. The fourth-order valence-corrected chi connectivity index (χ4v) is 3.52. The quantitative estimate of drug-likeness (QED) is 0.603. The fourth-order valence-electron chi connectivity index (χ4n) is 3.52. The van der Waals surface area contributed by atoms with Gasteiger partial charge in [-0.3, -0.25) is 0 Å². The molecule has 0 saturated carbocycles. The number of nitrogens with zero attached hydrogens (tertiary/aromatic N) is 1. The Kier molecular flexibility index (Phi) is 7.62. The van der Waals surface area contributed by atoms with Gasteiger partial charge in [-0.05, 0) is 75.2 Å². The van der Waals surface area contributed by atoms with Crippen molar-refractivity contribution >= 4 is 0 Å². The third-order valence-corrected chi connectivity index (χ3v) is 4.65. The predicted octanol–water partition coefficient (Wildman–Crippen LogP) is 5.59. The molecule has 1 nitrogen and oxygen atoms in total. The highest BCUT2D eigenvalue weighted by Crippen LogP contribution is 2.46. The highest BCUT2D eigenvalue weighted by Gasteiger charge is 2.40. The molecule has 1 aromatic carbocycles. The van der Waals surface area contributed by atoms with Gasteiger partial charge in [0, 0.05) is 0 Å². The summed E-state index contributed by atoms with van der Waals surface area (Å²) in [6, 6.07) is 7.11. The zero-order chi connectivity index (χ0) is 16.8. The van der Waals surface area contributed by atoms with E-state index in [9.17, 15) is 0 Å². The molecule has 0 radical (unpaired) electrons. The van der Waals surface area contributed by atoms with Crippen molar-refractivity contribution in [1.82, 2.24) is 4.90 Å². The minimum absolute atomic E-state index is 0.537. The maximum Gasteiger partial charge on any atom is -0.00133 e. The molecule has 1 saturated heterocycles. The third kappa shape index (κ3) is 4.84. The first-order valence-electron chi connectivity index (χ1n) is 9.21. The third-order valence-electron chi connectivity index (χ3n) is 4.65. The molecule has 1 aliphatic heterocycles. The van der Waals surface area contributed by atoms with E-state index in [4.69, 9.17) is 0 Å². The zero-order valence-electron chi connectivity index (χ0n) is 16.0. The molecule has 0 atom stereocenters. The van der Waals surface area contributed by atoms with Crippen molar-refractivity contribution in [2.45, 2.75) is 72.6 Å². The maximum atomic E-state index is 2.47. The van der Waals surface area contributed by atoms with Crippen molar-refractivity contribution < 1.29 is 0 Å². The van der Waals surface area contributed by atoms with Gasteiger partial charge in [0.1, 0.15) is 0 Å². The number of fused-ring (bicyclic) bond motifs is 2. The molecule has 3 rings (SSSR count). The summed E-state index contributed by atoms with van der Waals surface area (Å²) >= 11 is 0. The van der Waals surface area contributed by atoms with Crippen LogP contribution in [0.1, 0.15) is 70.6 Å². The van der Waals surface area contributed by atoms with Crippen LogP contribution in [0.2, 0.25) is 0 Å². The van der Waals surface area contributed by atoms with E-state index in [-0.39, 0.29) is 0 Å². The largest absolute Gasteiger partial charge is 0.306 e. The van der Waals surface area contributed by atoms with Gasteiger partial charge in [-0.1, -0.05) is 58.4 Å². The second kappa shape index (κ2) is 8.72. The summed E-state index contributed by atoms with van der Waals surface area (Å²) in [7, 11) is 2.25. The van der Waals surface area contributed by atoms with Gasteiger partial charge < -0.3 is 4.90 Å². The van der Waals surface area contributed by atoms with E-state index in [0.29, 0.717) is 5.41 Å². The standard InChI is InChI=1S/C15H21N.C4H10.C2H6/c1-12-3-4-14-13(11-12)5-6-15(14)7-9-16(2)10-8-15;1-4(2)3;1-2/h3-4,11H,5-10H2,1-2H3;4H,1-3H3;1-2H3. The Morgan fingerprint density at radius 3 is 2.09 bits per heavy atom. The van der Waals surface area contributed by atoms with Crippen molar-refractivity contribution in [2.75, 3.05) is 20.1 Å². The number of piperidine rings is 1. The number of hydrogen-bond acceptors (Lipinski definition) is 1. The Balaban J connectivity index is 0.000000354. The predicted molar refractivity (Wildman–Crippen MR) is 99.8 cm³/mol. The van der Waals surface area contributed by atoms with Crippen LogP contribution in [0.25, 0.3) is 0 Å². The number of likely N-dealkylation sites (tertiary alicyclic amines) is 1. The summed E-state index contributed by atoms with van der Waals surface area (Å²) in [4.78, 5) is 2.47. The van der Waals surface area contributed by atoms with Gasteiger partial charge in [0.25, 0.3) is 0 Å². The van der Waals surface area contributed by atoms with Crippen LogP contribution in [0.3, 0.4) is 0 Å². The van der Waals surface area contributed by atoms with Crippen LogP contribution in [-0.4, -0.2) is 25.0 Å². The topological polar surface area (TPSA) is 3.24 Å². The molecule has 126 valence electrons. The molecule has 1 fully saturated rings. The lowest BCUT2D eigenvalue weighted by atomic mass is 9.74. The van der Waals surface area contributed by atoms with E-state index in [0.717, 1.165) is 5.92 Å². The Bertz CT molecular complexity index is 436. The van der Waals surface area contributed by atoms with Crippen LogP contribution in [0.5, 0.6) is 0 Å². The molecule has 22 heavy (non-hydrogen) atoms. The molecule has 2 aliphatic rings. The first-order valence-corrected chi connectivity index (χ1v) is 9.21. The van der Waals surface area contributed by atoms with Gasteiger partial charge in [0.05, 0.1) is 0 Å². The van der Waals surface area contributed by atoms with Gasteiger partial charge >= 0.3 is 0 Å². The summed E-state index contributed by atoms with van der Waals surface area (Å²) in [6.07, 6.45) is 5.42. The fraction of sp³-hybridized carbons (Fsp3) is 0.714. The van der Waals surface area contributed by atoms with Crippen molar-refractivity contribution in [3.8, 4) is 0 Å². The van der Waals surface area contributed by atoms with E-state index in [2.05, 4.69) is 57.8 Å². The summed E-state index contributed by atoms with van der Waals surface area (Å²) in [6.45, 7) is 15.3. The summed E-state index contributed by atoms with van der Waals surface area (Å²) in [5.41, 5.74) is 5.26. The van der Waals surface area contributed by atoms with Gasteiger partial charge in [-0.15, -0.1) is 0 Å². The molecule has 0 unspecified atom stereocenters. The van der Waals surface area contributed by atoms with Gasteiger partial charge in [0.15, 0.2) is 0 Å². The van der Waals surface area contributed by atoms with Crippen molar-refractivity contribution in [3.05, 3.63) is 34.9 Å². The van der Waals surface area contributed by atoms with Gasteiger partial charge in [-0.25, -0.2) is 0 Å². The molecule has 1 heteroatoms. The SMILES string of the molecule is CC.CC(C)C.Cc1ccc2c(c1)CCC21CCN(C)CC1. The zero-order valence-corrected chi connectivity index (χ0v) is 16.0. The van der Waals surface area contributed by atoms with E-state index >= 15 is 0 Å². The van der Waals surface area contributed by atoms with Crippen molar-refractivity contribution in [3.63, 3.8) is 0 Å². The lowest BCUT2D eigenvalue weighted by Gasteiger charge is -2.38. The number of aryl methyl sites for hydroxylation is 2. The molecule has 1 spiro atoms. The average Bonchev–Trinajstić information content (AvgIpc) is 2.82. The van der Waals surface area contributed by atoms with Crippen LogP contribution in [-0.2, 0) is 11.8 Å². The molecule has 0 N–H and O–H groups in total. The summed E-state index contributed by atoms with van der Waals surface area (Å²) in [5, 5.41) is 0. The van der Waals surface area contributed by atoms with Crippen molar-refractivity contribution in [2.24, 2.45) is 5.92 Å². The van der Waals surface area contributed by atoms with Crippen LogP contribution in [0.4, 0.5) is 0 Å². The molecule has 0 aromatic heterocycles. The second-order valence-electron chi connectivity index (χ2n) is 7.48. The second-order valence-corrected chi connectivity index (χ2v) is 7.48. The lowest BCUT2D eigenvalue weighted by Crippen LogP contribution is -2.39. The molecule has 1 aromatic rings. The highest BCUT2D eigenvalue weighted by atomic mass is 15.1. The van der Waals surface area contributed by atoms with Gasteiger partial charge in [-0.2, -0.15) is 0 Å². The van der Waals surface area contributed by atoms with Crippen LogP contribution >= 0.6 is 0 Å². The summed E-state index contributed by atoms with van der Waals surface area (Å²) < 4.78 is 0. The Morgan fingerprint density at radius 1 is 1.00 bits per heavy atom. The highest BCUT2D eigenvalue weighted by molar-refractivity contribution is 5.42. The maximum absolute atomic E-state index is 2.47. The van der Waals surface area contributed by atoms with Gasteiger partial charge in [0.2, 0.25) is 0 Å². The summed E-state index contributed by atoms with van der Waals surface area (Å²) in [5.74, 6) is 0.833. The van der Waals surface area contributed by atoms with E-state index < -0.39 is 0 Å². The van der Waals surface area contributed by atoms with Crippen LogP contribution in [0.15, 0.2) is 18.2 Å². The number of rotatable bonds is 0. The van der Waals surface area contributed by atoms with Crippen LogP contribution in [0, 0.1) is 12.8 Å². The minimum atomic E-state index is 0.537. The van der Waals surface area contributed by atoms with E-state index in [1.54, 1.807) is 11.1 Å². The Labute approximate surface area is 139 Å². The first kappa shape index (κ1) is 19.2. The monoisotopic (exact) mass is 303 g/mol. The van der Waals surface area contributed by atoms with Crippen molar-refractivity contribution in [1.29, 1.82) is 0 Å². The van der Waals surface area contributed by atoms with E-state index in [1.165, 1.54) is 44.3 Å². The Morgan fingerprint density at radius 2 is 1.55 bits per heavy atom. The molecular weight excluding hydrogens is 266 g/mol. The normalized spacial score (nSPS) is 19.1. The average molecular weight is 304 g/mol. The number of hydrogen-bond donors (Lipinski definition) is 0. The lowest BCUT2D eigenvalue weighted by molar-refractivity contribution is 0.187.